The average Bonchev–Trinajstić information content (AvgIpc) is 2.40. The molecule has 0 spiro atoms. The minimum Gasteiger partial charge on any atom is -0.342 e. The van der Waals surface area contributed by atoms with E-state index in [1.807, 2.05) is 4.90 Å². The third-order valence-corrected chi connectivity index (χ3v) is 4.00. The number of nitrogens with zero attached hydrogens (tertiary/aromatic N) is 2. The topological polar surface area (TPSA) is 49.6 Å². The molecule has 2 rings (SSSR count). The van der Waals surface area contributed by atoms with Gasteiger partial charge in [-0.05, 0) is 51.1 Å². The number of likely N-dealkylation sites (tertiary alicyclic amines) is 2. The van der Waals surface area contributed by atoms with E-state index in [9.17, 15) is 4.79 Å². The van der Waals surface area contributed by atoms with Crippen molar-refractivity contribution in [3.8, 4) is 0 Å². The summed E-state index contributed by atoms with van der Waals surface area (Å²) in [5.41, 5.74) is 5.72. The van der Waals surface area contributed by atoms with Crippen molar-refractivity contribution in [2.75, 3.05) is 39.3 Å². The number of amides is 1. The maximum Gasteiger partial charge on any atom is 0.236 e. The summed E-state index contributed by atoms with van der Waals surface area (Å²) < 4.78 is 0. The lowest BCUT2D eigenvalue weighted by Gasteiger charge is -2.34. The van der Waals surface area contributed by atoms with Gasteiger partial charge in [0, 0.05) is 19.6 Å². The van der Waals surface area contributed by atoms with E-state index in [-0.39, 0.29) is 12.4 Å². The lowest BCUT2D eigenvalue weighted by Crippen LogP contribution is -2.46. The van der Waals surface area contributed by atoms with Gasteiger partial charge in [0.05, 0.1) is 6.54 Å². The van der Waals surface area contributed by atoms with Crippen LogP contribution in [0.25, 0.3) is 0 Å². The van der Waals surface area contributed by atoms with Gasteiger partial charge in [-0.2, -0.15) is 0 Å². The summed E-state index contributed by atoms with van der Waals surface area (Å²) in [6.07, 6.45) is 6.05. The molecule has 2 aliphatic rings. The minimum atomic E-state index is 0. The van der Waals surface area contributed by atoms with Crippen LogP contribution in [0, 0.1) is 5.92 Å². The summed E-state index contributed by atoms with van der Waals surface area (Å²) >= 11 is 0. The smallest absolute Gasteiger partial charge is 0.236 e. The lowest BCUT2D eigenvalue weighted by atomic mass is 9.98. The van der Waals surface area contributed by atoms with Crippen LogP contribution >= 0.6 is 12.4 Å². The van der Waals surface area contributed by atoms with Crippen molar-refractivity contribution < 1.29 is 4.79 Å². The normalized spacial score (nSPS) is 25.6. The molecule has 0 bridgehead atoms. The number of piperidine rings is 2. The Morgan fingerprint density at radius 2 is 1.83 bits per heavy atom. The molecule has 0 aromatic rings. The molecule has 0 aliphatic carbocycles. The van der Waals surface area contributed by atoms with Crippen molar-refractivity contribution in [3.05, 3.63) is 0 Å². The molecule has 1 amide bonds. The molecule has 1 atom stereocenters. The van der Waals surface area contributed by atoms with Gasteiger partial charge in [0.2, 0.25) is 5.91 Å². The number of halogens is 1. The Balaban J connectivity index is 0.00000162. The summed E-state index contributed by atoms with van der Waals surface area (Å²) in [6, 6.07) is 0. The first kappa shape index (κ1) is 15.7. The number of hydrogen-bond donors (Lipinski definition) is 1. The van der Waals surface area contributed by atoms with Gasteiger partial charge >= 0.3 is 0 Å². The zero-order chi connectivity index (χ0) is 12.1. The van der Waals surface area contributed by atoms with Crippen LogP contribution in [-0.2, 0) is 4.79 Å². The molecule has 1 unspecified atom stereocenters. The number of nitrogens with two attached hydrogens (primary N) is 1. The molecule has 2 fully saturated rings. The fourth-order valence-electron chi connectivity index (χ4n) is 2.92. The van der Waals surface area contributed by atoms with Gasteiger partial charge in [0.1, 0.15) is 0 Å². The molecule has 2 saturated heterocycles. The van der Waals surface area contributed by atoms with E-state index in [1.54, 1.807) is 0 Å². The molecular weight excluding hydrogens is 250 g/mol. The Morgan fingerprint density at radius 3 is 2.50 bits per heavy atom. The van der Waals surface area contributed by atoms with Crippen molar-refractivity contribution >= 4 is 18.3 Å². The summed E-state index contributed by atoms with van der Waals surface area (Å²) in [5, 5.41) is 0. The predicted octanol–water partition coefficient (Wildman–Crippen LogP) is 1.09. The SMILES string of the molecule is Cl.NCC1CCCN(CC(=O)N2CCCCC2)C1. The first-order valence-corrected chi connectivity index (χ1v) is 7.00. The van der Waals surface area contributed by atoms with E-state index in [4.69, 9.17) is 5.73 Å². The molecule has 2 heterocycles. The Morgan fingerprint density at radius 1 is 1.11 bits per heavy atom. The van der Waals surface area contributed by atoms with Crippen LogP contribution in [0.4, 0.5) is 0 Å². The second kappa shape index (κ2) is 7.97. The molecule has 0 aromatic carbocycles. The van der Waals surface area contributed by atoms with Crippen molar-refractivity contribution in [1.29, 1.82) is 0 Å². The van der Waals surface area contributed by atoms with Crippen LogP contribution in [0.3, 0.4) is 0 Å². The van der Waals surface area contributed by atoms with Crippen molar-refractivity contribution in [3.63, 3.8) is 0 Å². The molecule has 2 aliphatic heterocycles. The lowest BCUT2D eigenvalue weighted by molar-refractivity contribution is -0.133. The zero-order valence-electron chi connectivity index (χ0n) is 11.1. The van der Waals surface area contributed by atoms with Crippen LogP contribution in [-0.4, -0.2) is 55.0 Å². The molecule has 5 heteroatoms. The van der Waals surface area contributed by atoms with Crippen molar-refractivity contribution in [2.24, 2.45) is 11.7 Å². The highest BCUT2D eigenvalue weighted by Gasteiger charge is 2.23. The van der Waals surface area contributed by atoms with E-state index in [0.717, 1.165) is 32.7 Å². The molecule has 4 nitrogen and oxygen atoms in total. The Bertz CT molecular complexity index is 257. The largest absolute Gasteiger partial charge is 0.342 e. The summed E-state index contributed by atoms with van der Waals surface area (Å²) in [4.78, 5) is 16.4. The van der Waals surface area contributed by atoms with Crippen LogP contribution in [0.2, 0.25) is 0 Å². The average molecular weight is 276 g/mol. The fraction of sp³-hybridized carbons (Fsp3) is 0.923. The number of carbonyl (C=O) groups excluding carboxylic acids is 1. The van der Waals surface area contributed by atoms with Gasteiger partial charge in [-0.15, -0.1) is 12.4 Å². The highest BCUT2D eigenvalue weighted by atomic mass is 35.5. The first-order chi connectivity index (χ1) is 8.29. The molecule has 18 heavy (non-hydrogen) atoms. The van der Waals surface area contributed by atoms with Crippen LogP contribution in [0.15, 0.2) is 0 Å². The molecule has 0 saturated carbocycles. The van der Waals surface area contributed by atoms with E-state index in [2.05, 4.69) is 4.90 Å². The maximum absolute atomic E-state index is 12.1. The van der Waals surface area contributed by atoms with Gasteiger partial charge in [-0.1, -0.05) is 0 Å². The fourth-order valence-corrected chi connectivity index (χ4v) is 2.92. The van der Waals surface area contributed by atoms with Gasteiger partial charge in [0.15, 0.2) is 0 Å². The van der Waals surface area contributed by atoms with Crippen LogP contribution in [0.5, 0.6) is 0 Å². The summed E-state index contributed by atoms with van der Waals surface area (Å²) in [6.45, 7) is 5.37. The minimum absolute atomic E-state index is 0. The van der Waals surface area contributed by atoms with Crippen molar-refractivity contribution in [2.45, 2.75) is 32.1 Å². The quantitative estimate of drug-likeness (QED) is 0.839. The molecule has 2 N–H and O–H groups in total. The van der Waals surface area contributed by atoms with E-state index >= 15 is 0 Å². The monoisotopic (exact) mass is 275 g/mol. The third-order valence-electron chi connectivity index (χ3n) is 4.00. The Hall–Kier alpha value is -0.320. The van der Waals surface area contributed by atoms with Gasteiger partial charge in [-0.25, -0.2) is 0 Å². The second-order valence-corrected chi connectivity index (χ2v) is 5.42. The zero-order valence-corrected chi connectivity index (χ0v) is 12.0. The van der Waals surface area contributed by atoms with Crippen molar-refractivity contribution in [1.82, 2.24) is 9.80 Å². The third kappa shape index (κ3) is 4.41. The predicted molar refractivity (Wildman–Crippen MR) is 75.9 cm³/mol. The van der Waals surface area contributed by atoms with E-state index < -0.39 is 0 Å². The number of carbonyl (C=O) groups is 1. The molecule has 0 radical (unpaired) electrons. The highest BCUT2D eigenvalue weighted by molar-refractivity contribution is 5.85. The van der Waals surface area contributed by atoms with Crippen LogP contribution in [0.1, 0.15) is 32.1 Å². The summed E-state index contributed by atoms with van der Waals surface area (Å²) in [5.74, 6) is 0.917. The first-order valence-electron chi connectivity index (χ1n) is 7.00. The van der Waals surface area contributed by atoms with Gasteiger partial charge < -0.3 is 10.6 Å². The van der Waals surface area contributed by atoms with Gasteiger partial charge in [-0.3, -0.25) is 9.69 Å². The molecule has 106 valence electrons. The molecular formula is C13H26ClN3O. The number of hydrogen-bond acceptors (Lipinski definition) is 3. The van der Waals surface area contributed by atoms with E-state index in [1.165, 1.54) is 32.1 Å². The highest BCUT2D eigenvalue weighted by Crippen LogP contribution is 2.16. The second-order valence-electron chi connectivity index (χ2n) is 5.42. The maximum atomic E-state index is 12.1. The van der Waals surface area contributed by atoms with E-state index in [0.29, 0.717) is 18.4 Å². The standard InChI is InChI=1S/C13H25N3O.ClH/c14-9-12-5-4-6-15(10-12)11-13(17)16-7-2-1-3-8-16;/h12H,1-11,14H2;1H. The molecule has 0 aromatic heterocycles. The Labute approximate surface area is 116 Å². The number of rotatable bonds is 3. The Kier molecular flexibility index (Phi) is 6.97. The van der Waals surface area contributed by atoms with Crippen LogP contribution < -0.4 is 5.73 Å². The van der Waals surface area contributed by atoms with Gasteiger partial charge in [0.25, 0.3) is 0 Å². The summed E-state index contributed by atoms with van der Waals surface area (Å²) in [7, 11) is 0.